The van der Waals surface area contributed by atoms with Gasteiger partial charge in [-0.2, -0.15) is 0 Å². The molecule has 1 saturated carbocycles. The Morgan fingerprint density at radius 2 is 1.74 bits per heavy atom. The molecule has 5 heteroatoms. The Morgan fingerprint density at radius 1 is 1.11 bits per heavy atom. The fourth-order valence-electron chi connectivity index (χ4n) is 4.96. The van der Waals surface area contributed by atoms with Gasteiger partial charge in [-0.05, 0) is 43.6 Å². The number of nitro benzene ring substituents is 1. The first-order valence-corrected chi connectivity index (χ1v) is 10.8. The number of nitro groups is 1. The third kappa shape index (κ3) is 5.44. The first kappa shape index (κ1) is 20.1. The van der Waals surface area contributed by atoms with Crippen LogP contribution in [0.5, 0.6) is 0 Å². The number of likely N-dealkylation sites (tertiary alicyclic amines) is 1. The van der Waals surface area contributed by atoms with Gasteiger partial charge in [0.15, 0.2) is 0 Å². The Morgan fingerprint density at radius 3 is 2.37 bits per heavy atom. The summed E-state index contributed by atoms with van der Waals surface area (Å²) in [6.45, 7) is 5.81. The van der Waals surface area contributed by atoms with Gasteiger partial charge < -0.3 is 10.2 Å². The molecule has 1 aromatic carbocycles. The molecule has 0 atom stereocenters. The predicted octanol–water partition coefficient (Wildman–Crippen LogP) is 5.61. The van der Waals surface area contributed by atoms with Crippen molar-refractivity contribution in [1.82, 2.24) is 4.90 Å². The van der Waals surface area contributed by atoms with Crippen molar-refractivity contribution in [3.8, 4) is 0 Å². The van der Waals surface area contributed by atoms with Crippen LogP contribution in [0.15, 0.2) is 24.3 Å². The van der Waals surface area contributed by atoms with Crippen molar-refractivity contribution >= 4 is 11.4 Å². The maximum atomic E-state index is 11.2. The molecule has 3 rings (SSSR count). The van der Waals surface area contributed by atoms with Gasteiger partial charge in [0.05, 0.1) is 4.92 Å². The lowest BCUT2D eigenvalue weighted by molar-refractivity contribution is -0.384. The van der Waals surface area contributed by atoms with E-state index in [9.17, 15) is 10.1 Å². The summed E-state index contributed by atoms with van der Waals surface area (Å²) in [4.78, 5) is 13.6. The van der Waals surface area contributed by atoms with E-state index in [0.717, 1.165) is 25.9 Å². The van der Waals surface area contributed by atoms with E-state index in [1.807, 2.05) is 12.1 Å². The van der Waals surface area contributed by atoms with Crippen molar-refractivity contribution in [3.05, 3.63) is 34.4 Å². The van der Waals surface area contributed by atoms with Crippen LogP contribution in [0.4, 0.5) is 11.4 Å². The third-order valence-corrected chi connectivity index (χ3v) is 6.77. The van der Waals surface area contributed by atoms with E-state index in [0.29, 0.717) is 17.1 Å². The second kappa shape index (κ2) is 9.54. The summed E-state index contributed by atoms with van der Waals surface area (Å²) in [5.41, 5.74) is 1.35. The highest BCUT2D eigenvalue weighted by Gasteiger charge is 2.32. The van der Waals surface area contributed by atoms with Crippen molar-refractivity contribution in [2.45, 2.75) is 77.2 Å². The number of anilines is 1. The quantitative estimate of drug-likeness (QED) is 0.520. The normalized spacial score (nSPS) is 22.0. The van der Waals surface area contributed by atoms with Gasteiger partial charge >= 0.3 is 0 Å². The minimum atomic E-state index is -0.295. The van der Waals surface area contributed by atoms with Crippen LogP contribution in [-0.4, -0.2) is 35.5 Å². The van der Waals surface area contributed by atoms with Gasteiger partial charge in [-0.15, -0.1) is 0 Å². The topological polar surface area (TPSA) is 58.4 Å². The molecular formula is C22H35N3O2. The Hall–Kier alpha value is -1.62. The van der Waals surface area contributed by atoms with E-state index in [-0.39, 0.29) is 10.6 Å². The van der Waals surface area contributed by atoms with Crippen molar-refractivity contribution in [1.29, 1.82) is 0 Å². The van der Waals surface area contributed by atoms with Gasteiger partial charge in [0, 0.05) is 31.7 Å². The van der Waals surface area contributed by atoms with Gasteiger partial charge in [0.2, 0.25) is 0 Å². The van der Waals surface area contributed by atoms with Crippen LogP contribution in [0, 0.1) is 15.5 Å². The highest BCUT2D eigenvalue weighted by molar-refractivity contribution is 5.61. The van der Waals surface area contributed by atoms with E-state index in [1.165, 1.54) is 57.9 Å². The van der Waals surface area contributed by atoms with Crippen LogP contribution in [0.2, 0.25) is 0 Å². The van der Waals surface area contributed by atoms with Gasteiger partial charge in [-0.3, -0.25) is 10.1 Å². The largest absolute Gasteiger partial charge is 0.377 e. The van der Waals surface area contributed by atoms with Crippen molar-refractivity contribution < 1.29 is 4.92 Å². The van der Waals surface area contributed by atoms with Gasteiger partial charge in [-0.25, -0.2) is 0 Å². The highest BCUT2D eigenvalue weighted by atomic mass is 16.6. The molecule has 2 fully saturated rings. The van der Waals surface area contributed by atoms with E-state index >= 15 is 0 Å². The zero-order chi connectivity index (χ0) is 19.1. The molecule has 1 aromatic rings. The Labute approximate surface area is 163 Å². The molecule has 0 unspecified atom stereocenters. The van der Waals surface area contributed by atoms with Crippen molar-refractivity contribution in [3.63, 3.8) is 0 Å². The number of piperidine rings is 1. The second-order valence-corrected chi connectivity index (χ2v) is 8.59. The van der Waals surface area contributed by atoms with Crippen LogP contribution < -0.4 is 5.32 Å². The molecule has 1 aliphatic carbocycles. The lowest BCUT2D eigenvalue weighted by atomic mass is 9.73. The summed E-state index contributed by atoms with van der Waals surface area (Å²) in [6.07, 6.45) is 13.2. The minimum absolute atomic E-state index is 0.180. The summed E-state index contributed by atoms with van der Waals surface area (Å²) < 4.78 is 0. The molecule has 5 nitrogen and oxygen atoms in total. The molecule has 1 N–H and O–H groups in total. The number of para-hydroxylation sites is 2. The number of hydrogen-bond donors (Lipinski definition) is 1. The predicted molar refractivity (Wildman–Crippen MR) is 111 cm³/mol. The lowest BCUT2D eigenvalue weighted by Crippen LogP contribution is -2.45. The van der Waals surface area contributed by atoms with Crippen LogP contribution >= 0.6 is 0 Å². The maximum absolute atomic E-state index is 11.2. The maximum Gasteiger partial charge on any atom is 0.292 e. The van der Waals surface area contributed by atoms with E-state index in [1.54, 1.807) is 12.1 Å². The standard InChI is InChI=1S/C22H35N3O2/c1-2-22(14-8-4-3-5-9-15-22)18-24-16-12-19(13-17-24)23-20-10-6-7-11-21(20)25(26)27/h6-7,10-11,19,23H,2-5,8-9,12-18H2,1H3. The van der Waals surface area contributed by atoms with Crippen LogP contribution in [-0.2, 0) is 0 Å². The van der Waals surface area contributed by atoms with Gasteiger partial charge in [-0.1, -0.05) is 51.2 Å². The summed E-state index contributed by atoms with van der Waals surface area (Å²) in [5.74, 6) is 0. The molecular weight excluding hydrogens is 338 g/mol. The molecule has 1 aliphatic heterocycles. The fraction of sp³-hybridized carbons (Fsp3) is 0.727. The number of benzene rings is 1. The molecule has 0 aromatic heterocycles. The molecule has 0 spiro atoms. The average Bonchev–Trinajstić information content (AvgIpc) is 2.66. The second-order valence-electron chi connectivity index (χ2n) is 8.59. The fourth-order valence-corrected chi connectivity index (χ4v) is 4.96. The Balaban J connectivity index is 1.53. The Bertz CT molecular complexity index is 603. The van der Waals surface area contributed by atoms with E-state index in [4.69, 9.17) is 0 Å². The van der Waals surface area contributed by atoms with Crippen LogP contribution in [0.25, 0.3) is 0 Å². The third-order valence-electron chi connectivity index (χ3n) is 6.77. The van der Waals surface area contributed by atoms with Crippen LogP contribution in [0.1, 0.15) is 71.1 Å². The number of hydrogen-bond acceptors (Lipinski definition) is 4. The van der Waals surface area contributed by atoms with Crippen LogP contribution in [0.3, 0.4) is 0 Å². The zero-order valence-corrected chi connectivity index (χ0v) is 16.8. The molecule has 0 bridgehead atoms. The van der Waals surface area contributed by atoms with Gasteiger partial charge in [0.1, 0.15) is 5.69 Å². The van der Waals surface area contributed by atoms with Crippen molar-refractivity contribution in [2.75, 3.05) is 25.0 Å². The number of nitrogens with one attached hydrogen (secondary N) is 1. The number of rotatable bonds is 6. The zero-order valence-electron chi connectivity index (χ0n) is 16.8. The first-order valence-electron chi connectivity index (χ1n) is 10.8. The molecule has 1 heterocycles. The lowest BCUT2D eigenvalue weighted by Gasteiger charge is -2.42. The summed E-state index contributed by atoms with van der Waals surface area (Å²) in [7, 11) is 0. The molecule has 2 aliphatic rings. The van der Waals surface area contributed by atoms with E-state index < -0.39 is 0 Å². The minimum Gasteiger partial charge on any atom is -0.377 e. The number of nitrogens with zero attached hydrogens (tertiary/aromatic N) is 2. The summed E-state index contributed by atoms with van der Waals surface area (Å²) in [6, 6.07) is 7.33. The first-order chi connectivity index (χ1) is 13.1. The molecule has 1 saturated heterocycles. The summed E-state index contributed by atoms with van der Waals surface area (Å²) >= 11 is 0. The van der Waals surface area contributed by atoms with Gasteiger partial charge in [0.25, 0.3) is 5.69 Å². The molecule has 150 valence electrons. The monoisotopic (exact) mass is 373 g/mol. The Kier molecular flexibility index (Phi) is 7.11. The average molecular weight is 374 g/mol. The summed E-state index contributed by atoms with van der Waals surface area (Å²) in [5, 5.41) is 14.6. The molecule has 0 radical (unpaired) electrons. The molecule has 0 amide bonds. The highest BCUT2D eigenvalue weighted by Crippen LogP contribution is 2.38. The SMILES string of the molecule is CCC1(CN2CCC(Nc3ccccc3[N+](=O)[O-])CC2)CCCCCCC1. The smallest absolute Gasteiger partial charge is 0.292 e. The molecule has 27 heavy (non-hydrogen) atoms. The van der Waals surface area contributed by atoms with E-state index in [2.05, 4.69) is 17.1 Å². The van der Waals surface area contributed by atoms with Crippen molar-refractivity contribution in [2.24, 2.45) is 5.41 Å².